The van der Waals surface area contributed by atoms with Crippen LogP contribution in [-0.4, -0.2) is 11.9 Å². The molecule has 0 aromatic rings. The van der Waals surface area contributed by atoms with Crippen LogP contribution in [0.4, 0.5) is 0 Å². The first-order valence-electron chi connectivity index (χ1n) is 11.1. The molecule has 3 heteroatoms. The lowest BCUT2D eigenvalue weighted by molar-refractivity contribution is -0.178. The fourth-order valence-electron chi connectivity index (χ4n) is 8.34. The van der Waals surface area contributed by atoms with Crippen LogP contribution in [0.3, 0.4) is 0 Å². The van der Waals surface area contributed by atoms with Crippen LogP contribution in [0.2, 0.25) is 0 Å². The van der Waals surface area contributed by atoms with Gasteiger partial charge >= 0.3 is 11.9 Å². The zero-order valence-electron chi connectivity index (χ0n) is 17.6. The molecule has 4 bridgehead atoms. The normalized spacial score (nSPS) is 51.9. The number of carbonyl (C=O) groups is 2. The number of esters is 2. The molecular weight excluding hydrogens is 336 g/mol. The minimum absolute atomic E-state index is 0.0973. The van der Waals surface area contributed by atoms with E-state index in [2.05, 4.69) is 26.8 Å². The lowest BCUT2D eigenvalue weighted by Gasteiger charge is -2.61. The summed E-state index contributed by atoms with van der Waals surface area (Å²) < 4.78 is 5.37. The van der Waals surface area contributed by atoms with Crippen molar-refractivity contribution in [2.24, 2.45) is 45.3 Å². The highest BCUT2D eigenvalue weighted by atomic mass is 16.6. The van der Waals surface area contributed by atoms with E-state index >= 15 is 0 Å². The number of ether oxygens (including phenoxy) is 1. The van der Waals surface area contributed by atoms with Gasteiger partial charge in [0.2, 0.25) is 0 Å². The van der Waals surface area contributed by atoms with E-state index in [1.54, 1.807) is 19.4 Å². The summed E-state index contributed by atoms with van der Waals surface area (Å²) in [5, 5.41) is 0. The number of rotatable bonds is 2. The van der Waals surface area contributed by atoms with Gasteiger partial charge in [-0.3, -0.25) is 9.59 Å². The van der Waals surface area contributed by atoms with Crippen molar-refractivity contribution in [3.05, 3.63) is 11.6 Å². The van der Waals surface area contributed by atoms with E-state index in [9.17, 15) is 9.59 Å². The Labute approximate surface area is 163 Å². The van der Waals surface area contributed by atoms with Crippen molar-refractivity contribution in [2.75, 3.05) is 0 Å². The average Bonchev–Trinajstić information content (AvgIpc) is 3.04. The third-order valence-electron chi connectivity index (χ3n) is 9.77. The Morgan fingerprint density at radius 1 is 1.15 bits per heavy atom. The van der Waals surface area contributed by atoms with Crippen LogP contribution in [0.1, 0.15) is 79.6 Å². The molecule has 6 aliphatic rings. The first-order valence-corrected chi connectivity index (χ1v) is 11.1. The summed E-state index contributed by atoms with van der Waals surface area (Å²) in [5.41, 5.74) is 2.24. The SMILES string of the molecule is CC(C)C(=O)OC(=O)C1(C)CCCC2(C)C3=CC4C5CC3(CCC12)CC45C. The summed E-state index contributed by atoms with van der Waals surface area (Å²) >= 11 is 0. The lowest BCUT2D eigenvalue weighted by Crippen LogP contribution is -2.55. The monoisotopic (exact) mass is 370 g/mol. The molecule has 4 fully saturated rings. The Morgan fingerprint density at radius 2 is 1.89 bits per heavy atom. The van der Waals surface area contributed by atoms with Gasteiger partial charge in [-0.2, -0.15) is 0 Å². The second-order valence-electron chi connectivity index (χ2n) is 11.5. The van der Waals surface area contributed by atoms with Crippen LogP contribution in [0.5, 0.6) is 0 Å². The predicted molar refractivity (Wildman–Crippen MR) is 104 cm³/mol. The first-order chi connectivity index (χ1) is 12.6. The maximum Gasteiger partial charge on any atom is 0.319 e. The number of hydrogen-bond donors (Lipinski definition) is 0. The molecule has 0 aromatic heterocycles. The van der Waals surface area contributed by atoms with Crippen molar-refractivity contribution in [1.29, 1.82) is 0 Å². The molecule has 0 radical (unpaired) electrons. The molecule has 148 valence electrons. The highest BCUT2D eigenvalue weighted by Crippen LogP contribution is 2.83. The van der Waals surface area contributed by atoms with Gasteiger partial charge in [0.25, 0.3) is 0 Å². The zero-order valence-corrected chi connectivity index (χ0v) is 17.6. The quantitative estimate of drug-likeness (QED) is 0.377. The van der Waals surface area contributed by atoms with E-state index in [0.29, 0.717) is 16.7 Å². The third-order valence-corrected chi connectivity index (χ3v) is 9.77. The molecule has 0 N–H and O–H groups in total. The van der Waals surface area contributed by atoms with E-state index in [4.69, 9.17) is 4.74 Å². The average molecular weight is 371 g/mol. The molecule has 3 nitrogen and oxygen atoms in total. The summed E-state index contributed by atoms with van der Waals surface area (Å²) in [6.07, 6.45) is 10.8. The molecule has 6 rings (SSSR count). The second kappa shape index (κ2) is 5.07. The van der Waals surface area contributed by atoms with Gasteiger partial charge in [-0.1, -0.05) is 45.8 Å². The molecule has 27 heavy (non-hydrogen) atoms. The maximum atomic E-state index is 13.1. The summed E-state index contributed by atoms with van der Waals surface area (Å²) in [6.45, 7) is 10.6. The summed E-state index contributed by atoms with van der Waals surface area (Å²) in [4.78, 5) is 25.2. The number of allylic oxidation sites excluding steroid dienone is 2. The van der Waals surface area contributed by atoms with Crippen molar-refractivity contribution >= 4 is 11.9 Å². The minimum atomic E-state index is -0.534. The molecule has 0 saturated heterocycles. The van der Waals surface area contributed by atoms with Gasteiger partial charge in [-0.15, -0.1) is 0 Å². The molecule has 1 spiro atoms. The van der Waals surface area contributed by atoms with E-state index < -0.39 is 5.41 Å². The van der Waals surface area contributed by atoms with Crippen LogP contribution < -0.4 is 0 Å². The van der Waals surface area contributed by atoms with E-state index in [1.165, 1.54) is 25.7 Å². The van der Waals surface area contributed by atoms with Crippen molar-refractivity contribution in [1.82, 2.24) is 0 Å². The standard InChI is InChI=1S/C24H34O3/c1-14(2)19(25)27-20(26)22(4)9-6-8-21(3)17(22)7-10-24-12-16-15(11-18(21)24)23(16,5)13-24/h11,14-17H,6-10,12-13H2,1-5H3. The maximum absolute atomic E-state index is 13.1. The predicted octanol–water partition coefficient (Wildman–Crippen LogP) is 5.29. The van der Waals surface area contributed by atoms with Crippen LogP contribution in [0.25, 0.3) is 0 Å². The van der Waals surface area contributed by atoms with Crippen LogP contribution in [0, 0.1) is 45.3 Å². The van der Waals surface area contributed by atoms with Gasteiger partial charge in [0.1, 0.15) is 0 Å². The summed E-state index contributed by atoms with van der Waals surface area (Å²) in [7, 11) is 0. The van der Waals surface area contributed by atoms with Crippen molar-refractivity contribution < 1.29 is 14.3 Å². The van der Waals surface area contributed by atoms with Crippen molar-refractivity contribution in [3.8, 4) is 0 Å². The highest BCUT2D eigenvalue weighted by Gasteiger charge is 2.75. The Kier molecular flexibility index (Phi) is 3.37. The molecule has 0 heterocycles. The fourth-order valence-corrected chi connectivity index (χ4v) is 8.34. The number of carbonyl (C=O) groups excluding carboxylic acids is 2. The van der Waals surface area contributed by atoms with Gasteiger partial charge in [-0.25, -0.2) is 0 Å². The minimum Gasteiger partial charge on any atom is -0.393 e. The summed E-state index contributed by atoms with van der Waals surface area (Å²) in [6, 6.07) is 0. The van der Waals surface area contributed by atoms with Gasteiger partial charge in [0, 0.05) is 0 Å². The molecule has 7 atom stereocenters. The second-order valence-corrected chi connectivity index (χ2v) is 11.5. The first kappa shape index (κ1) is 17.9. The molecule has 0 amide bonds. The summed E-state index contributed by atoms with van der Waals surface area (Å²) in [5.74, 6) is 1.09. The van der Waals surface area contributed by atoms with Gasteiger partial charge in [-0.05, 0) is 79.4 Å². The Hall–Kier alpha value is -1.12. The van der Waals surface area contributed by atoms with Crippen LogP contribution >= 0.6 is 0 Å². The molecule has 0 aromatic carbocycles. The lowest BCUT2D eigenvalue weighted by atomic mass is 9.43. The Bertz CT molecular complexity index is 766. The number of hydrogen-bond acceptors (Lipinski definition) is 3. The Balaban J connectivity index is 1.49. The molecule has 0 aliphatic heterocycles. The fraction of sp³-hybridized carbons (Fsp3) is 0.833. The van der Waals surface area contributed by atoms with Gasteiger partial charge < -0.3 is 4.74 Å². The third kappa shape index (κ3) is 2.04. The topological polar surface area (TPSA) is 43.4 Å². The van der Waals surface area contributed by atoms with Gasteiger partial charge in [0.05, 0.1) is 11.3 Å². The van der Waals surface area contributed by atoms with Crippen LogP contribution in [-0.2, 0) is 14.3 Å². The van der Waals surface area contributed by atoms with Crippen molar-refractivity contribution in [3.63, 3.8) is 0 Å². The van der Waals surface area contributed by atoms with Crippen LogP contribution in [0.15, 0.2) is 11.6 Å². The van der Waals surface area contributed by atoms with E-state index in [-0.39, 0.29) is 23.3 Å². The molecule has 6 aliphatic carbocycles. The molecule has 4 saturated carbocycles. The highest BCUT2D eigenvalue weighted by molar-refractivity contribution is 5.89. The van der Waals surface area contributed by atoms with Crippen molar-refractivity contribution in [2.45, 2.75) is 79.6 Å². The molecule has 7 unspecified atom stereocenters. The van der Waals surface area contributed by atoms with Gasteiger partial charge in [0.15, 0.2) is 0 Å². The molecular formula is C24H34O3. The van der Waals surface area contributed by atoms with E-state index in [1.807, 2.05) is 0 Å². The van der Waals surface area contributed by atoms with E-state index in [0.717, 1.165) is 31.1 Å². The zero-order chi connectivity index (χ0) is 19.4. The Morgan fingerprint density at radius 3 is 2.52 bits per heavy atom. The number of fused-ring (bicyclic) bond motifs is 1. The smallest absolute Gasteiger partial charge is 0.319 e. The largest absolute Gasteiger partial charge is 0.393 e.